The highest BCUT2D eigenvalue weighted by Crippen LogP contribution is 2.28. The van der Waals surface area contributed by atoms with Crippen molar-refractivity contribution in [1.82, 2.24) is 10.7 Å². The van der Waals surface area contributed by atoms with Crippen LogP contribution in [0.3, 0.4) is 0 Å². The summed E-state index contributed by atoms with van der Waals surface area (Å²) in [5, 5.41) is 3.69. The molecule has 1 fully saturated rings. The van der Waals surface area contributed by atoms with Crippen LogP contribution < -0.4 is 16.2 Å². The molecule has 2 rings (SSSR count). The Morgan fingerprint density at radius 2 is 1.56 bits per heavy atom. The second-order valence-electron chi connectivity index (χ2n) is 6.63. The summed E-state index contributed by atoms with van der Waals surface area (Å²) in [6, 6.07) is 10.7. The molecular formula is C15H25N3. The summed E-state index contributed by atoms with van der Waals surface area (Å²) < 4.78 is 0. The number of hydrazine groups is 1. The Labute approximate surface area is 110 Å². The molecule has 18 heavy (non-hydrogen) atoms. The number of rotatable bonds is 3. The van der Waals surface area contributed by atoms with Crippen LogP contribution >= 0.6 is 0 Å². The van der Waals surface area contributed by atoms with Crippen molar-refractivity contribution in [3.63, 3.8) is 0 Å². The first-order valence-electron chi connectivity index (χ1n) is 6.72. The summed E-state index contributed by atoms with van der Waals surface area (Å²) in [4.78, 5) is 0. The van der Waals surface area contributed by atoms with Gasteiger partial charge in [-0.1, -0.05) is 18.2 Å². The molecule has 0 spiro atoms. The van der Waals surface area contributed by atoms with Crippen molar-refractivity contribution < 1.29 is 0 Å². The van der Waals surface area contributed by atoms with Gasteiger partial charge in [0.25, 0.3) is 0 Å². The first-order chi connectivity index (χ1) is 8.36. The van der Waals surface area contributed by atoms with Gasteiger partial charge in [-0.05, 0) is 52.7 Å². The van der Waals surface area contributed by atoms with E-state index in [1.807, 2.05) is 18.2 Å². The molecule has 1 aliphatic heterocycles. The van der Waals surface area contributed by atoms with Gasteiger partial charge < -0.3 is 10.7 Å². The molecule has 0 unspecified atom stereocenters. The minimum Gasteiger partial charge on any atom is -0.321 e. The number of hydrogen-bond donors (Lipinski definition) is 3. The van der Waals surface area contributed by atoms with Gasteiger partial charge in [0, 0.05) is 22.8 Å². The van der Waals surface area contributed by atoms with Crippen LogP contribution in [0.4, 0.5) is 5.69 Å². The number of benzene rings is 1. The molecule has 1 aromatic carbocycles. The van der Waals surface area contributed by atoms with E-state index in [4.69, 9.17) is 0 Å². The SMILES string of the molecule is CC1(C)CC(NNc2ccccc2)CC(C)(C)N1. The predicted octanol–water partition coefficient (Wildman–Crippen LogP) is 2.91. The second-order valence-corrected chi connectivity index (χ2v) is 6.63. The summed E-state index contributed by atoms with van der Waals surface area (Å²) in [7, 11) is 0. The molecule has 0 aliphatic carbocycles. The average molecular weight is 247 g/mol. The predicted molar refractivity (Wildman–Crippen MR) is 77.5 cm³/mol. The van der Waals surface area contributed by atoms with Crippen molar-refractivity contribution in [3.05, 3.63) is 30.3 Å². The third-order valence-corrected chi connectivity index (χ3v) is 3.38. The minimum absolute atomic E-state index is 0.178. The average Bonchev–Trinajstić information content (AvgIpc) is 2.24. The van der Waals surface area contributed by atoms with Crippen molar-refractivity contribution in [2.75, 3.05) is 5.43 Å². The van der Waals surface area contributed by atoms with E-state index >= 15 is 0 Å². The molecule has 3 heteroatoms. The monoisotopic (exact) mass is 247 g/mol. The van der Waals surface area contributed by atoms with Gasteiger partial charge in [-0.2, -0.15) is 0 Å². The molecule has 1 aliphatic rings. The molecule has 0 bridgehead atoms. The zero-order valence-corrected chi connectivity index (χ0v) is 11.9. The summed E-state index contributed by atoms with van der Waals surface area (Å²) in [6.07, 6.45) is 2.24. The van der Waals surface area contributed by atoms with E-state index in [9.17, 15) is 0 Å². The molecule has 0 saturated carbocycles. The Balaban J connectivity index is 1.93. The highest BCUT2D eigenvalue weighted by Gasteiger charge is 2.37. The van der Waals surface area contributed by atoms with Gasteiger partial charge in [-0.15, -0.1) is 0 Å². The van der Waals surface area contributed by atoms with E-state index in [-0.39, 0.29) is 11.1 Å². The maximum Gasteiger partial charge on any atom is 0.0487 e. The van der Waals surface area contributed by atoms with E-state index in [1.54, 1.807) is 0 Å². The summed E-state index contributed by atoms with van der Waals surface area (Å²) >= 11 is 0. The number of nitrogens with one attached hydrogen (secondary N) is 3. The van der Waals surface area contributed by atoms with Gasteiger partial charge in [0.2, 0.25) is 0 Å². The molecule has 1 saturated heterocycles. The normalized spacial score (nSPS) is 22.7. The van der Waals surface area contributed by atoms with Crippen molar-refractivity contribution in [1.29, 1.82) is 0 Å². The number of hydrogen-bond acceptors (Lipinski definition) is 3. The molecule has 0 radical (unpaired) electrons. The largest absolute Gasteiger partial charge is 0.321 e. The van der Waals surface area contributed by atoms with Crippen LogP contribution in [0.15, 0.2) is 30.3 Å². The van der Waals surface area contributed by atoms with Gasteiger partial charge in [0.15, 0.2) is 0 Å². The standard InChI is InChI=1S/C15H25N3/c1-14(2)10-13(11-15(3,4)18-14)17-16-12-8-6-5-7-9-12/h5-9,13,16-18H,10-11H2,1-4H3. The first kappa shape index (κ1) is 13.4. The van der Waals surface area contributed by atoms with Crippen LogP contribution in [0.25, 0.3) is 0 Å². The maximum absolute atomic E-state index is 3.69. The van der Waals surface area contributed by atoms with Crippen LogP contribution in [0, 0.1) is 0 Å². The molecule has 0 aromatic heterocycles. The van der Waals surface area contributed by atoms with Crippen LogP contribution in [0.5, 0.6) is 0 Å². The van der Waals surface area contributed by atoms with Crippen molar-refractivity contribution in [3.8, 4) is 0 Å². The summed E-state index contributed by atoms with van der Waals surface area (Å²) in [5.74, 6) is 0. The van der Waals surface area contributed by atoms with E-state index in [1.165, 1.54) is 0 Å². The Bertz CT molecular complexity index is 368. The summed E-state index contributed by atoms with van der Waals surface area (Å²) in [6.45, 7) is 9.08. The number of piperidine rings is 1. The van der Waals surface area contributed by atoms with Crippen molar-refractivity contribution >= 4 is 5.69 Å². The lowest BCUT2D eigenvalue weighted by molar-refractivity contribution is 0.150. The quantitative estimate of drug-likeness (QED) is 0.719. The van der Waals surface area contributed by atoms with Gasteiger partial charge in [-0.25, -0.2) is 5.43 Å². The Morgan fingerprint density at radius 3 is 2.11 bits per heavy atom. The maximum atomic E-state index is 3.69. The van der Waals surface area contributed by atoms with Crippen LogP contribution in [-0.4, -0.2) is 17.1 Å². The molecule has 3 nitrogen and oxygen atoms in total. The third-order valence-electron chi connectivity index (χ3n) is 3.38. The van der Waals surface area contributed by atoms with Crippen molar-refractivity contribution in [2.24, 2.45) is 0 Å². The van der Waals surface area contributed by atoms with Gasteiger partial charge in [0.05, 0.1) is 0 Å². The van der Waals surface area contributed by atoms with E-state index in [2.05, 4.69) is 56.0 Å². The Hall–Kier alpha value is -1.06. The van der Waals surface area contributed by atoms with Crippen LogP contribution in [0.2, 0.25) is 0 Å². The fourth-order valence-electron chi connectivity index (χ4n) is 3.13. The lowest BCUT2D eigenvalue weighted by atomic mass is 9.80. The summed E-state index contributed by atoms with van der Waals surface area (Å²) in [5.41, 5.74) is 8.25. The molecule has 1 heterocycles. The third kappa shape index (κ3) is 3.72. The fourth-order valence-corrected chi connectivity index (χ4v) is 3.13. The van der Waals surface area contributed by atoms with Crippen LogP contribution in [-0.2, 0) is 0 Å². The van der Waals surface area contributed by atoms with Crippen LogP contribution in [0.1, 0.15) is 40.5 Å². The zero-order chi connectivity index (χ0) is 13.2. The molecule has 100 valence electrons. The minimum atomic E-state index is 0.178. The van der Waals surface area contributed by atoms with Gasteiger partial charge >= 0.3 is 0 Å². The Kier molecular flexibility index (Phi) is 3.64. The topological polar surface area (TPSA) is 36.1 Å². The highest BCUT2D eigenvalue weighted by molar-refractivity contribution is 5.41. The molecule has 1 aromatic rings. The lowest BCUT2D eigenvalue weighted by Crippen LogP contribution is -2.62. The smallest absolute Gasteiger partial charge is 0.0487 e. The lowest BCUT2D eigenvalue weighted by Gasteiger charge is -2.46. The Morgan fingerprint density at radius 1 is 1.00 bits per heavy atom. The second kappa shape index (κ2) is 4.90. The molecule has 3 N–H and O–H groups in total. The fraction of sp³-hybridized carbons (Fsp3) is 0.600. The first-order valence-corrected chi connectivity index (χ1v) is 6.72. The molecule has 0 atom stereocenters. The zero-order valence-electron chi connectivity index (χ0n) is 11.9. The van der Waals surface area contributed by atoms with E-state index in [0.717, 1.165) is 18.5 Å². The van der Waals surface area contributed by atoms with Crippen molar-refractivity contribution in [2.45, 2.75) is 57.7 Å². The molecular weight excluding hydrogens is 222 g/mol. The van der Waals surface area contributed by atoms with E-state index < -0.39 is 0 Å². The van der Waals surface area contributed by atoms with Gasteiger partial charge in [-0.3, -0.25) is 0 Å². The number of para-hydroxylation sites is 1. The van der Waals surface area contributed by atoms with Gasteiger partial charge in [0.1, 0.15) is 0 Å². The number of anilines is 1. The molecule has 0 amide bonds. The highest BCUT2D eigenvalue weighted by atomic mass is 15.4. The van der Waals surface area contributed by atoms with E-state index in [0.29, 0.717) is 6.04 Å².